The van der Waals surface area contributed by atoms with E-state index in [9.17, 15) is 0 Å². The van der Waals surface area contributed by atoms with E-state index in [0.717, 1.165) is 0 Å². The van der Waals surface area contributed by atoms with E-state index in [-0.39, 0.29) is 16.6 Å². The number of hydrogen-bond donors (Lipinski definition) is 1. The van der Waals surface area contributed by atoms with Crippen molar-refractivity contribution >= 4 is 17.6 Å². The Morgan fingerprint density at radius 1 is 1.57 bits per heavy atom. The zero-order chi connectivity index (χ0) is 10.6. The van der Waals surface area contributed by atoms with Gasteiger partial charge in [0.25, 0.3) is 0 Å². The van der Waals surface area contributed by atoms with Crippen molar-refractivity contribution in [3.05, 3.63) is 11.8 Å². The third-order valence-corrected chi connectivity index (χ3v) is 2.25. The third-order valence-electron chi connectivity index (χ3n) is 1.38. The second-order valence-corrected chi connectivity index (χ2v) is 3.76. The zero-order valence-corrected chi connectivity index (χ0v) is 8.25. The Bertz CT molecular complexity index is 417. The SMILES string of the molecule is CC(C#N)Sc1ncc(C#N)c(N)n1. The Hall–Kier alpha value is -1.79. The van der Waals surface area contributed by atoms with Crippen molar-refractivity contribution in [2.75, 3.05) is 5.73 Å². The smallest absolute Gasteiger partial charge is 0.190 e. The molecule has 0 spiro atoms. The van der Waals surface area contributed by atoms with Gasteiger partial charge in [-0.1, -0.05) is 11.8 Å². The van der Waals surface area contributed by atoms with E-state index in [0.29, 0.717) is 5.16 Å². The summed E-state index contributed by atoms with van der Waals surface area (Å²) in [5.74, 6) is 0.148. The molecule has 0 saturated heterocycles. The fourth-order valence-corrected chi connectivity index (χ4v) is 1.34. The molecule has 0 aliphatic heterocycles. The van der Waals surface area contributed by atoms with E-state index in [4.69, 9.17) is 16.3 Å². The van der Waals surface area contributed by atoms with Gasteiger partial charge in [0.2, 0.25) is 0 Å². The molecule has 0 bridgehead atoms. The fourth-order valence-electron chi connectivity index (χ4n) is 0.705. The summed E-state index contributed by atoms with van der Waals surface area (Å²) in [5.41, 5.74) is 5.73. The van der Waals surface area contributed by atoms with Crippen LogP contribution in [0.2, 0.25) is 0 Å². The first-order chi connectivity index (χ1) is 6.67. The van der Waals surface area contributed by atoms with Gasteiger partial charge in [0, 0.05) is 0 Å². The molecule has 1 atom stereocenters. The predicted octanol–water partition coefficient (Wildman–Crippen LogP) is 0.935. The largest absolute Gasteiger partial charge is 0.382 e. The standard InChI is InChI=1S/C8H7N5S/c1-5(2-9)14-8-12-4-6(3-10)7(11)13-8/h4-5H,1H3,(H2,11,12,13). The third kappa shape index (κ3) is 2.35. The van der Waals surface area contributed by atoms with Gasteiger partial charge >= 0.3 is 0 Å². The summed E-state index contributed by atoms with van der Waals surface area (Å²) in [6.07, 6.45) is 1.36. The Morgan fingerprint density at radius 2 is 2.29 bits per heavy atom. The first-order valence-electron chi connectivity index (χ1n) is 3.76. The van der Waals surface area contributed by atoms with Gasteiger partial charge < -0.3 is 5.73 Å². The number of nitrogens with zero attached hydrogens (tertiary/aromatic N) is 4. The highest BCUT2D eigenvalue weighted by Gasteiger charge is 2.07. The molecule has 1 aromatic rings. The van der Waals surface area contributed by atoms with Crippen molar-refractivity contribution in [2.45, 2.75) is 17.3 Å². The lowest BCUT2D eigenvalue weighted by molar-refractivity contribution is 0.965. The van der Waals surface area contributed by atoms with Crippen LogP contribution >= 0.6 is 11.8 Å². The minimum absolute atomic E-state index is 0.148. The summed E-state index contributed by atoms with van der Waals surface area (Å²) >= 11 is 1.20. The normalized spacial score (nSPS) is 11.4. The van der Waals surface area contributed by atoms with E-state index in [1.807, 2.05) is 12.1 Å². The zero-order valence-electron chi connectivity index (χ0n) is 7.43. The number of nitrogens with two attached hydrogens (primary N) is 1. The topological polar surface area (TPSA) is 99.4 Å². The molecule has 0 aliphatic carbocycles. The van der Waals surface area contributed by atoms with Crippen LogP contribution in [0.4, 0.5) is 5.82 Å². The number of hydrogen-bond acceptors (Lipinski definition) is 6. The molecule has 1 unspecified atom stereocenters. The van der Waals surface area contributed by atoms with Crippen molar-refractivity contribution < 1.29 is 0 Å². The monoisotopic (exact) mass is 205 g/mol. The maximum absolute atomic E-state index is 8.57. The molecule has 2 N–H and O–H groups in total. The van der Waals surface area contributed by atoms with Gasteiger partial charge in [0.05, 0.1) is 17.5 Å². The summed E-state index contributed by atoms with van der Waals surface area (Å²) in [4.78, 5) is 7.78. The molecule has 70 valence electrons. The molecular formula is C8H7N5S. The second kappa shape index (κ2) is 4.45. The average Bonchev–Trinajstić information content (AvgIpc) is 2.18. The quantitative estimate of drug-likeness (QED) is 0.569. The number of aromatic nitrogens is 2. The van der Waals surface area contributed by atoms with Crippen molar-refractivity contribution in [1.29, 1.82) is 10.5 Å². The average molecular weight is 205 g/mol. The lowest BCUT2D eigenvalue weighted by Crippen LogP contribution is -2.00. The maximum Gasteiger partial charge on any atom is 0.190 e. The van der Waals surface area contributed by atoms with Crippen LogP contribution in [0.15, 0.2) is 11.4 Å². The predicted molar refractivity (Wildman–Crippen MR) is 52.1 cm³/mol. The summed E-state index contributed by atoms with van der Waals surface area (Å²) in [6, 6.07) is 3.90. The van der Waals surface area contributed by atoms with Gasteiger partial charge in [-0.05, 0) is 6.92 Å². The van der Waals surface area contributed by atoms with Crippen LogP contribution in [0.1, 0.15) is 12.5 Å². The molecule has 1 aromatic heterocycles. The highest BCUT2D eigenvalue weighted by Crippen LogP contribution is 2.19. The Balaban J connectivity index is 2.89. The second-order valence-electron chi connectivity index (χ2n) is 2.45. The fraction of sp³-hybridized carbons (Fsp3) is 0.250. The van der Waals surface area contributed by atoms with Crippen LogP contribution in [0.5, 0.6) is 0 Å². The van der Waals surface area contributed by atoms with E-state index in [1.165, 1.54) is 18.0 Å². The molecule has 14 heavy (non-hydrogen) atoms. The molecule has 6 heteroatoms. The Morgan fingerprint density at radius 3 is 2.79 bits per heavy atom. The first kappa shape index (κ1) is 10.3. The van der Waals surface area contributed by atoms with Gasteiger partial charge in [-0.25, -0.2) is 9.97 Å². The van der Waals surface area contributed by atoms with E-state index >= 15 is 0 Å². The maximum atomic E-state index is 8.57. The van der Waals surface area contributed by atoms with Crippen LogP contribution in [0.3, 0.4) is 0 Å². The minimum atomic E-state index is -0.234. The molecule has 0 amide bonds. The highest BCUT2D eigenvalue weighted by molar-refractivity contribution is 8.00. The van der Waals surface area contributed by atoms with Crippen LogP contribution < -0.4 is 5.73 Å². The lowest BCUT2D eigenvalue weighted by atomic mass is 10.3. The van der Waals surface area contributed by atoms with Gasteiger partial charge in [0.15, 0.2) is 5.16 Å². The summed E-state index contributed by atoms with van der Waals surface area (Å²) < 4.78 is 0. The van der Waals surface area contributed by atoms with E-state index in [2.05, 4.69) is 9.97 Å². The summed E-state index contributed by atoms with van der Waals surface area (Å²) in [5, 5.41) is 17.3. The van der Waals surface area contributed by atoms with Crippen molar-refractivity contribution in [1.82, 2.24) is 9.97 Å². The Labute approximate surface area is 85.6 Å². The van der Waals surface area contributed by atoms with Crippen molar-refractivity contribution in [3.63, 3.8) is 0 Å². The number of rotatable bonds is 2. The van der Waals surface area contributed by atoms with Crippen molar-refractivity contribution in [2.24, 2.45) is 0 Å². The van der Waals surface area contributed by atoms with Crippen LogP contribution in [-0.2, 0) is 0 Å². The van der Waals surface area contributed by atoms with Gasteiger partial charge in [-0.2, -0.15) is 10.5 Å². The molecular weight excluding hydrogens is 198 g/mol. The number of thioether (sulfide) groups is 1. The molecule has 0 aromatic carbocycles. The Kier molecular flexibility index (Phi) is 3.27. The van der Waals surface area contributed by atoms with Gasteiger partial charge in [-0.15, -0.1) is 0 Å². The molecule has 0 saturated carbocycles. The van der Waals surface area contributed by atoms with Crippen molar-refractivity contribution in [3.8, 4) is 12.1 Å². The summed E-state index contributed by atoms with van der Waals surface area (Å²) in [6.45, 7) is 1.74. The van der Waals surface area contributed by atoms with E-state index < -0.39 is 0 Å². The first-order valence-corrected chi connectivity index (χ1v) is 4.64. The molecule has 0 fully saturated rings. The summed E-state index contributed by atoms with van der Waals surface area (Å²) in [7, 11) is 0. The molecule has 1 heterocycles. The minimum Gasteiger partial charge on any atom is -0.382 e. The van der Waals surface area contributed by atoms with Crippen LogP contribution in [0.25, 0.3) is 0 Å². The molecule has 5 nitrogen and oxygen atoms in total. The van der Waals surface area contributed by atoms with Crippen LogP contribution in [-0.4, -0.2) is 15.2 Å². The molecule has 0 radical (unpaired) electrons. The number of nitrogen functional groups attached to an aromatic ring is 1. The lowest BCUT2D eigenvalue weighted by Gasteiger charge is -2.01. The molecule has 1 rings (SSSR count). The molecule has 0 aliphatic rings. The number of nitriles is 2. The van der Waals surface area contributed by atoms with Gasteiger partial charge in [0.1, 0.15) is 17.5 Å². The number of anilines is 1. The van der Waals surface area contributed by atoms with Crippen LogP contribution in [0, 0.1) is 22.7 Å². The van der Waals surface area contributed by atoms with E-state index in [1.54, 1.807) is 6.92 Å². The van der Waals surface area contributed by atoms with Gasteiger partial charge in [-0.3, -0.25) is 0 Å². The highest BCUT2D eigenvalue weighted by atomic mass is 32.2.